The first kappa shape index (κ1) is 11.9. The van der Waals surface area contributed by atoms with E-state index in [9.17, 15) is 4.79 Å². The Hall–Kier alpha value is -0.610. The molecule has 2 aliphatic heterocycles. The Morgan fingerprint density at radius 2 is 2.00 bits per heavy atom. The third kappa shape index (κ3) is 2.23. The summed E-state index contributed by atoms with van der Waals surface area (Å²) in [6, 6.07) is 1.35. The van der Waals surface area contributed by atoms with Crippen LogP contribution in [0, 0.1) is 5.92 Å². The molecule has 0 radical (unpaired) electrons. The smallest absolute Gasteiger partial charge is 0.307 e. The fraction of sp³-hybridized carbons (Fsp3) is 0.917. The topological polar surface area (TPSA) is 55.6 Å². The molecule has 4 heteroatoms. The molecule has 2 saturated heterocycles. The maximum absolute atomic E-state index is 11.2. The number of carbonyl (C=O) groups excluding carboxylic acids is 1. The molecule has 2 aliphatic rings. The van der Waals surface area contributed by atoms with Gasteiger partial charge in [0.25, 0.3) is 0 Å². The van der Waals surface area contributed by atoms with Crippen LogP contribution in [0.25, 0.3) is 0 Å². The number of carbonyl (C=O) groups is 1. The Bertz CT molecular complexity index is 256. The third-order valence-corrected chi connectivity index (χ3v) is 4.37. The Morgan fingerprint density at radius 3 is 2.50 bits per heavy atom. The molecule has 2 unspecified atom stereocenters. The van der Waals surface area contributed by atoms with E-state index in [1.165, 1.54) is 20.0 Å². The first-order valence-electron chi connectivity index (χ1n) is 6.16. The van der Waals surface area contributed by atoms with E-state index in [1.807, 2.05) is 0 Å². The summed E-state index contributed by atoms with van der Waals surface area (Å²) in [5.41, 5.74) is 6.10. The zero-order chi connectivity index (χ0) is 11.7. The molecular formula is C12H22N2O2. The van der Waals surface area contributed by atoms with Gasteiger partial charge in [-0.1, -0.05) is 0 Å². The van der Waals surface area contributed by atoms with E-state index in [-0.39, 0.29) is 12.0 Å². The quantitative estimate of drug-likeness (QED) is 0.721. The number of piperidine rings is 1. The zero-order valence-corrected chi connectivity index (χ0v) is 10.2. The maximum Gasteiger partial charge on any atom is 0.307 e. The number of hydrogen-bond donors (Lipinski definition) is 1. The van der Waals surface area contributed by atoms with Crippen molar-refractivity contribution in [2.75, 3.05) is 14.2 Å². The fourth-order valence-electron chi connectivity index (χ4n) is 3.25. The van der Waals surface area contributed by atoms with Crippen LogP contribution in [0.2, 0.25) is 0 Å². The molecule has 0 amide bonds. The van der Waals surface area contributed by atoms with Crippen molar-refractivity contribution in [3.63, 3.8) is 0 Å². The summed E-state index contributed by atoms with van der Waals surface area (Å²) in [5.74, 6) is 0.312. The maximum atomic E-state index is 11.2. The minimum absolute atomic E-state index is 0.0238. The second-order valence-corrected chi connectivity index (χ2v) is 5.23. The highest BCUT2D eigenvalue weighted by Crippen LogP contribution is 2.38. The van der Waals surface area contributed by atoms with Gasteiger partial charge in [0.15, 0.2) is 0 Å². The number of ether oxygens (including phenoxy) is 1. The van der Waals surface area contributed by atoms with Gasteiger partial charge in [-0.05, 0) is 38.6 Å². The molecule has 2 heterocycles. The zero-order valence-electron chi connectivity index (χ0n) is 10.2. The first-order chi connectivity index (χ1) is 7.61. The Labute approximate surface area is 97.1 Å². The van der Waals surface area contributed by atoms with Crippen molar-refractivity contribution in [1.29, 1.82) is 0 Å². The summed E-state index contributed by atoms with van der Waals surface area (Å²) >= 11 is 0. The van der Waals surface area contributed by atoms with Crippen LogP contribution in [0.15, 0.2) is 0 Å². The molecule has 2 rings (SSSR count). The molecule has 0 aromatic carbocycles. The monoisotopic (exact) mass is 226 g/mol. The Morgan fingerprint density at radius 1 is 1.44 bits per heavy atom. The van der Waals surface area contributed by atoms with E-state index in [0.717, 1.165) is 12.8 Å². The van der Waals surface area contributed by atoms with Crippen molar-refractivity contribution >= 4 is 5.97 Å². The second kappa shape index (κ2) is 4.72. The van der Waals surface area contributed by atoms with Gasteiger partial charge in [-0.15, -0.1) is 0 Å². The molecule has 4 nitrogen and oxygen atoms in total. The van der Waals surface area contributed by atoms with E-state index in [2.05, 4.69) is 16.7 Å². The van der Waals surface area contributed by atoms with Crippen LogP contribution >= 0.6 is 0 Å². The lowest BCUT2D eigenvalue weighted by Crippen LogP contribution is -2.46. The predicted octanol–water partition coefficient (Wildman–Crippen LogP) is 0.750. The summed E-state index contributed by atoms with van der Waals surface area (Å²) in [7, 11) is 3.64. The van der Waals surface area contributed by atoms with Crippen LogP contribution in [0.4, 0.5) is 0 Å². The van der Waals surface area contributed by atoms with Crippen LogP contribution in [0.5, 0.6) is 0 Å². The van der Waals surface area contributed by atoms with Gasteiger partial charge in [0, 0.05) is 18.1 Å². The molecule has 0 saturated carbocycles. The van der Waals surface area contributed by atoms with Gasteiger partial charge in [-0.2, -0.15) is 0 Å². The molecule has 92 valence electrons. The van der Waals surface area contributed by atoms with Crippen molar-refractivity contribution in [3.8, 4) is 0 Å². The minimum atomic E-state index is -0.182. The van der Waals surface area contributed by atoms with Crippen molar-refractivity contribution in [2.24, 2.45) is 11.7 Å². The molecule has 2 N–H and O–H groups in total. The van der Waals surface area contributed by atoms with Gasteiger partial charge in [0.05, 0.1) is 13.5 Å². The highest BCUT2D eigenvalue weighted by atomic mass is 16.5. The Kier molecular flexibility index (Phi) is 3.50. The van der Waals surface area contributed by atoms with Crippen LogP contribution in [0.1, 0.15) is 32.1 Å². The lowest BCUT2D eigenvalue weighted by Gasteiger charge is -2.38. The number of methoxy groups -OCH3 is 1. The fourth-order valence-corrected chi connectivity index (χ4v) is 3.25. The van der Waals surface area contributed by atoms with Gasteiger partial charge in [-0.25, -0.2) is 0 Å². The minimum Gasteiger partial charge on any atom is -0.469 e. The molecule has 0 aromatic heterocycles. The molecule has 3 atom stereocenters. The van der Waals surface area contributed by atoms with Crippen molar-refractivity contribution < 1.29 is 9.53 Å². The number of esters is 1. The molecule has 16 heavy (non-hydrogen) atoms. The average Bonchev–Trinajstić information content (AvgIpc) is 2.53. The SMILES string of the molecule is COC(=O)C[C@@H](N)C1CC2CCC(C1)N2C. The summed E-state index contributed by atoms with van der Waals surface area (Å²) in [5, 5.41) is 0. The molecule has 2 bridgehead atoms. The van der Waals surface area contributed by atoms with Crippen LogP contribution < -0.4 is 5.73 Å². The van der Waals surface area contributed by atoms with Gasteiger partial charge < -0.3 is 15.4 Å². The summed E-state index contributed by atoms with van der Waals surface area (Å²) < 4.78 is 4.67. The highest BCUT2D eigenvalue weighted by molar-refractivity contribution is 5.69. The number of nitrogens with two attached hydrogens (primary N) is 1. The van der Waals surface area contributed by atoms with Crippen LogP contribution in [-0.2, 0) is 9.53 Å². The highest BCUT2D eigenvalue weighted by Gasteiger charge is 2.40. The molecule has 2 fully saturated rings. The largest absolute Gasteiger partial charge is 0.469 e. The molecule has 0 aromatic rings. The first-order valence-corrected chi connectivity index (χ1v) is 6.16. The van der Waals surface area contributed by atoms with Gasteiger partial charge in [0.2, 0.25) is 0 Å². The average molecular weight is 226 g/mol. The normalized spacial score (nSPS) is 36.1. The van der Waals surface area contributed by atoms with Crippen molar-refractivity contribution in [2.45, 2.75) is 50.2 Å². The number of fused-ring (bicyclic) bond motifs is 2. The number of hydrogen-bond acceptors (Lipinski definition) is 4. The predicted molar refractivity (Wildman–Crippen MR) is 61.9 cm³/mol. The molecular weight excluding hydrogens is 204 g/mol. The van der Waals surface area contributed by atoms with Crippen molar-refractivity contribution in [3.05, 3.63) is 0 Å². The van der Waals surface area contributed by atoms with Crippen LogP contribution in [0.3, 0.4) is 0 Å². The third-order valence-electron chi connectivity index (χ3n) is 4.37. The standard InChI is InChI=1S/C12H22N2O2/c1-14-9-3-4-10(14)6-8(5-9)11(13)7-12(15)16-2/h8-11H,3-7,13H2,1-2H3/t8?,9?,10?,11-/m1/s1. The second-order valence-electron chi connectivity index (χ2n) is 5.23. The van der Waals surface area contributed by atoms with Gasteiger partial charge in [-0.3, -0.25) is 4.79 Å². The van der Waals surface area contributed by atoms with E-state index in [1.54, 1.807) is 0 Å². The summed E-state index contributed by atoms with van der Waals surface area (Å²) in [6.45, 7) is 0. The lowest BCUT2D eigenvalue weighted by atomic mass is 9.84. The molecule has 0 aliphatic carbocycles. The van der Waals surface area contributed by atoms with Gasteiger partial charge >= 0.3 is 5.97 Å². The number of nitrogens with zero attached hydrogens (tertiary/aromatic N) is 1. The van der Waals surface area contributed by atoms with Gasteiger partial charge in [0.1, 0.15) is 0 Å². The number of rotatable bonds is 3. The summed E-state index contributed by atoms with van der Waals surface area (Å²) in [6.07, 6.45) is 5.24. The van der Waals surface area contributed by atoms with E-state index >= 15 is 0 Å². The van der Waals surface area contributed by atoms with E-state index in [4.69, 9.17) is 5.73 Å². The Balaban J connectivity index is 1.89. The van der Waals surface area contributed by atoms with E-state index < -0.39 is 0 Å². The van der Waals surface area contributed by atoms with Crippen molar-refractivity contribution in [1.82, 2.24) is 4.90 Å². The van der Waals surface area contributed by atoms with Crippen LogP contribution in [-0.4, -0.2) is 43.2 Å². The lowest BCUT2D eigenvalue weighted by molar-refractivity contribution is -0.141. The summed E-state index contributed by atoms with van der Waals surface area (Å²) in [4.78, 5) is 13.7. The van der Waals surface area contributed by atoms with E-state index in [0.29, 0.717) is 24.4 Å². The molecule has 0 spiro atoms.